The van der Waals surface area contributed by atoms with E-state index in [4.69, 9.17) is 11.6 Å². The number of hydrogen-bond donors (Lipinski definition) is 1. The third kappa shape index (κ3) is 3.25. The molecule has 0 bridgehead atoms. The molecule has 3 nitrogen and oxygen atoms in total. The van der Waals surface area contributed by atoms with Crippen LogP contribution in [0, 0.1) is 11.6 Å². The minimum absolute atomic E-state index is 0.0286. The molecule has 6 heteroatoms. The molecule has 1 aliphatic heterocycles. The van der Waals surface area contributed by atoms with Crippen molar-refractivity contribution in [1.82, 2.24) is 4.57 Å². The molecular formula is C24H17ClF2N2O. The zero-order chi connectivity index (χ0) is 20.8. The molecule has 30 heavy (non-hydrogen) atoms. The van der Waals surface area contributed by atoms with Crippen LogP contribution in [0.2, 0.25) is 5.02 Å². The molecule has 0 radical (unpaired) electrons. The number of carbonyl (C=O) groups is 1. The van der Waals surface area contributed by atoms with Crippen molar-refractivity contribution < 1.29 is 13.6 Å². The lowest BCUT2D eigenvalue weighted by Crippen LogP contribution is -2.14. The molecule has 2 heterocycles. The number of benzene rings is 3. The van der Waals surface area contributed by atoms with E-state index in [-0.39, 0.29) is 29.1 Å². The number of rotatable bonds is 3. The third-order valence-electron chi connectivity index (χ3n) is 5.56. The molecular weight excluding hydrogens is 406 g/mol. The predicted octanol–water partition coefficient (Wildman–Crippen LogP) is 6.10. The van der Waals surface area contributed by atoms with E-state index in [1.807, 2.05) is 30.5 Å². The lowest BCUT2D eigenvalue weighted by atomic mass is 9.88. The van der Waals surface area contributed by atoms with Crippen molar-refractivity contribution in [2.75, 3.05) is 5.32 Å². The summed E-state index contributed by atoms with van der Waals surface area (Å²) in [6, 6.07) is 16.8. The van der Waals surface area contributed by atoms with Gasteiger partial charge in [0.2, 0.25) is 5.91 Å². The van der Waals surface area contributed by atoms with Gasteiger partial charge in [0.15, 0.2) is 0 Å². The van der Waals surface area contributed by atoms with Crippen LogP contribution in [-0.2, 0) is 11.3 Å². The summed E-state index contributed by atoms with van der Waals surface area (Å²) in [7, 11) is 0. The van der Waals surface area contributed by atoms with Gasteiger partial charge in [0, 0.05) is 30.5 Å². The Bertz CT molecular complexity index is 1300. The number of halogens is 3. The molecule has 1 atom stereocenters. The van der Waals surface area contributed by atoms with E-state index in [0.717, 1.165) is 33.3 Å². The van der Waals surface area contributed by atoms with E-state index in [1.54, 1.807) is 18.2 Å². The Morgan fingerprint density at radius 2 is 1.90 bits per heavy atom. The topological polar surface area (TPSA) is 34.0 Å². The Balaban J connectivity index is 1.69. The molecule has 1 aromatic heterocycles. The standard InChI is InChI=1S/C24H17ClF2N2O/c25-19-10-15(7-8-20(19)27)17-11-23(30)28-21-5-2-6-22-24(21)18(17)13-29(22)12-14-3-1-4-16(26)9-14/h1-10,13,17H,11-12H2,(H,28,30)/t17-/m0/s1. The fourth-order valence-electron chi connectivity index (χ4n) is 4.24. The second-order valence-corrected chi connectivity index (χ2v) is 7.93. The summed E-state index contributed by atoms with van der Waals surface area (Å²) < 4.78 is 29.5. The number of anilines is 1. The van der Waals surface area contributed by atoms with Crippen LogP contribution in [0.3, 0.4) is 0 Å². The molecule has 1 amide bonds. The molecule has 1 N–H and O–H groups in total. The number of carbonyl (C=O) groups excluding carboxylic acids is 1. The first-order chi connectivity index (χ1) is 14.5. The van der Waals surface area contributed by atoms with Crippen LogP contribution in [0.25, 0.3) is 10.9 Å². The van der Waals surface area contributed by atoms with Gasteiger partial charge in [-0.05, 0) is 53.1 Å². The fourth-order valence-corrected chi connectivity index (χ4v) is 4.43. The van der Waals surface area contributed by atoms with Crippen LogP contribution in [0.15, 0.2) is 66.9 Å². The molecule has 0 fully saturated rings. The Morgan fingerprint density at radius 3 is 2.70 bits per heavy atom. The minimum Gasteiger partial charge on any atom is -0.343 e. The monoisotopic (exact) mass is 422 g/mol. The van der Waals surface area contributed by atoms with E-state index >= 15 is 0 Å². The largest absolute Gasteiger partial charge is 0.343 e. The van der Waals surface area contributed by atoms with Crippen LogP contribution in [0.4, 0.5) is 14.5 Å². The summed E-state index contributed by atoms with van der Waals surface area (Å²) in [4.78, 5) is 12.6. The maximum atomic E-state index is 13.7. The van der Waals surface area contributed by atoms with Crippen LogP contribution in [0.5, 0.6) is 0 Å². The second kappa shape index (κ2) is 7.26. The van der Waals surface area contributed by atoms with Crippen LogP contribution >= 0.6 is 11.6 Å². The molecule has 0 saturated carbocycles. The summed E-state index contributed by atoms with van der Waals surface area (Å²) in [6.07, 6.45) is 2.22. The van der Waals surface area contributed by atoms with E-state index in [1.165, 1.54) is 18.2 Å². The summed E-state index contributed by atoms with van der Waals surface area (Å²) >= 11 is 6.02. The van der Waals surface area contributed by atoms with E-state index in [9.17, 15) is 13.6 Å². The van der Waals surface area contributed by atoms with Crippen molar-refractivity contribution in [2.24, 2.45) is 0 Å². The molecule has 0 aliphatic carbocycles. The zero-order valence-electron chi connectivity index (χ0n) is 15.8. The van der Waals surface area contributed by atoms with Gasteiger partial charge in [-0.1, -0.05) is 35.9 Å². The van der Waals surface area contributed by atoms with Gasteiger partial charge >= 0.3 is 0 Å². The van der Waals surface area contributed by atoms with Gasteiger partial charge in [0.1, 0.15) is 11.6 Å². The Labute approximate surface area is 176 Å². The number of amides is 1. The average molecular weight is 423 g/mol. The van der Waals surface area contributed by atoms with Crippen molar-refractivity contribution in [3.63, 3.8) is 0 Å². The maximum Gasteiger partial charge on any atom is 0.225 e. The highest BCUT2D eigenvalue weighted by atomic mass is 35.5. The molecule has 3 aromatic carbocycles. The minimum atomic E-state index is -0.493. The lowest BCUT2D eigenvalue weighted by Gasteiger charge is -2.15. The second-order valence-electron chi connectivity index (χ2n) is 7.52. The quantitative estimate of drug-likeness (QED) is 0.425. The molecule has 1 aliphatic rings. The van der Waals surface area contributed by atoms with Gasteiger partial charge in [-0.25, -0.2) is 8.78 Å². The lowest BCUT2D eigenvalue weighted by molar-refractivity contribution is -0.116. The number of hydrogen-bond acceptors (Lipinski definition) is 1. The van der Waals surface area contributed by atoms with Gasteiger partial charge in [-0.2, -0.15) is 0 Å². The zero-order valence-corrected chi connectivity index (χ0v) is 16.6. The molecule has 0 unspecified atom stereocenters. The highest BCUT2D eigenvalue weighted by molar-refractivity contribution is 6.30. The van der Waals surface area contributed by atoms with Crippen LogP contribution < -0.4 is 5.32 Å². The molecule has 150 valence electrons. The molecule has 0 saturated heterocycles. The SMILES string of the molecule is O=C1C[C@@H](c2ccc(F)c(Cl)c2)c2cn(Cc3cccc(F)c3)c3cccc(c23)N1. The number of nitrogens with one attached hydrogen (secondary N) is 1. The van der Waals surface area contributed by atoms with Crippen molar-refractivity contribution in [3.05, 3.63) is 100 Å². The predicted molar refractivity (Wildman–Crippen MR) is 114 cm³/mol. The first-order valence-electron chi connectivity index (χ1n) is 9.60. The van der Waals surface area contributed by atoms with Crippen molar-refractivity contribution in [1.29, 1.82) is 0 Å². The van der Waals surface area contributed by atoms with Crippen molar-refractivity contribution >= 4 is 34.1 Å². The average Bonchev–Trinajstić information content (AvgIpc) is 3.00. The Morgan fingerprint density at radius 1 is 1.07 bits per heavy atom. The summed E-state index contributed by atoms with van der Waals surface area (Å²) in [5, 5.41) is 3.94. The van der Waals surface area contributed by atoms with Crippen LogP contribution in [-0.4, -0.2) is 10.5 Å². The van der Waals surface area contributed by atoms with Crippen molar-refractivity contribution in [3.8, 4) is 0 Å². The van der Waals surface area contributed by atoms with E-state index in [0.29, 0.717) is 6.54 Å². The summed E-state index contributed by atoms with van der Waals surface area (Å²) in [5.74, 6) is -1.16. The maximum absolute atomic E-state index is 13.7. The molecule has 0 spiro atoms. The Hall–Kier alpha value is -3.18. The normalized spacial score (nSPS) is 15.8. The Kier molecular flexibility index (Phi) is 4.55. The van der Waals surface area contributed by atoms with Gasteiger partial charge in [0.05, 0.1) is 16.2 Å². The number of aromatic nitrogens is 1. The smallest absolute Gasteiger partial charge is 0.225 e. The molecule has 4 aromatic rings. The highest BCUT2D eigenvalue weighted by Gasteiger charge is 2.28. The van der Waals surface area contributed by atoms with Crippen LogP contribution in [0.1, 0.15) is 29.0 Å². The van der Waals surface area contributed by atoms with E-state index < -0.39 is 5.82 Å². The summed E-state index contributed by atoms with van der Waals surface area (Å²) in [6.45, 7) is 0.489. The third-order valence-corrected chi connectivity index (χ3v) is 5.85. The molecule has 5 rings (SSSR count). The van der Waals surface area contributed by atoms with Gasteiger partial charge in [0.25, 0.3) is 0 Å². The van der Waals surface area contributed by atoms with Gasteiger partial charge in [-0.3, -0.25) is 4.79 Å². The van der Waals surface area contributed by atoms with Gasteiger partial charge < -0.3 is 9.88 Å². The first-order valence-corrected chi connectivity index (χ1v) is 9.98. The first kappa shape index (κ1) is 18.8. The number of nitrogens with zero attached hydrogens (tertiary/aromatic N) is 1. The fraction of sp³-hybridized carbons (Fsp3) is 0.125. The van der Waals surface area contributed by atoms with Crippen molar-refractivity contribution in [2.45, 2.75) is 18.9 Å². The highest BCUT2D eigenvalue weighted by Crippen LogP contribution is 2.41. The van der Waals surface area contributed by atoms with Gasteiger partial charge in [-0.15, -0.1) is 0 Å². The van der Waals surface area contributed by atoms with E-state index in [2.05, 4.69) is 9.88 Å². The summed E-state index contributed by atoms with van der Waals surface area (Å²) in [5.41, 5.74) is 4.25.